The zero-order valence-electron chi connectivity index (χ0n) is 12.7. The Labute approximate surface area is 134 Å². The van der Waals surface area contributed by atoms with Crippen LogP contribution in [0.25, 0.3) is 0 Å². The van der Waals surface area contributed by atoms with E-state index in [1.165, 1.54) is 0 Å². The van der Waals surface area contributed by atoms with E-state index in [0.29, 0.717) is 32.6 Å². The fourth-order valence-electron chi connectivity index (χ4n) is 3.99. The van der Waals surface area contributed by atoms with E-state index in [1.54, 1.807) is 4.90 Å². The third-order valence-corrected chi connectivity index (χ3v) is 5.37. The number of hydrogen-bond donors (Lipinski definition) is 1. The van der Waals surface area contributed by atoms with Crippen LogP contribution >= 0.6 is 0 Å². The summed E-state index contributed by atoms with van der Waals surface area (Å²) in [6.45, 7) is 1.53. The molecule has 23 heavy (non-hydrogen) atoms. The third-order valence-electron chi connectivity index (χ3n) is 5.37. The first-order valence-corrected chi connectivity index (χ1v) is 7.95. The normalized spacial score (nSPS) is 32.1. The Balaban J connectivity index is 1.52. The van der Waals surface area contributed by atoms with Crippen LogP contribution in [0.1, 0.15) is 12.0 Å². The molecule has 3 aliphatic rings. The number of benzene rings is 1. The highest BCUT2D eigenvalue weighted by Crippen LogP contribution is 2.43. The molecule has 1 N–H and O–H groups in total. The largest absolute Gasteiger partial charge is 0.481 e. The van der Waals surface area contributed by atoms with Gasteiger partial charge >= 0.3 is 5.97 Å². The average Bonchev–Trinajstić information content (AvgIpc) is 3.16. The summed E-state index contributed by atoms with van der Waals surface area (Å²) < 4.78 is 11.2. The smallest absolute Gasteiger partial charge is 0.311 e. The molecule has 1 unspecified atom stereocenters. The van der Waals surface area contributed by atoms with E-state index >= 15 is 0 Å². The predicted octanol–water partition coefficient (Wildman–Crippen LogP) is 0.940. The number of fused-ring (bicyclic) bond motifs is 2. The number of ether oxygens (including phenoxy) is 2. The number of aliphatic carboxylic acids is 1. The summed E-state index contributed by atoms with van der Waals surface area (Å²) in [5, 5.41) is 9.68. The molecule has 2 saturated heterocycles. The number of nitrogens with zero attached hydrogens (tertiary/aromatic N) is 1. The Morgan fingerprint density at radius 1 is 1.30 bits per heavy atom. The summed E-state index contributed by atoms with van der Waals surface area (Å²) >= 11 is 0. The molecule has 0 bridgehead atoms. The van der Waals surface area contributed by atoms with E-state index in [1.807, 2.05) is 24.3 Å². The van der Waals surface area contributed by atoms with Crippen LogP contribution in [-0.4, -0.2) is 54.3 Å². The molecular weight excluding hydrogens is 298 g/mol. The van der Waals surface area contributed by atoms with Crippen molar-refractivity contribution in [1.29, 1.82) is 0 Å². The van der Waals surface area contributed by atoms with Crippen molar-refractivity contribution in [2.75, 3.05) is 26.3 Å². The number of carbonyl (C=O) groups is 2. The van der Waals surface area contributed by atoms with Gasteiger partial charge in [-0.25, -0.2) is 0 Å². The van der Waals surface area contributed by atoms with E-state index in [4.69, 9.17) is 9.47 Å². The molecule has 6 heteroatoms. The lowest BCUT2D eigenvalue weighted by Crippen LogP contribution is -2.45. The van der Waals surface area contributed by atoms with Crippen molar-refractivity contribution < 1.29 is 24.2 Å². The Hall–Kier alpha value is -2.08. The highest BCUT2D eigenvalue weighted by Gasteiger charge is 2.55. The summed E-state index contributed by atoms with van der Waals surface area (Å²) in [4.78, 5) is 26.2. The number of carboxylic acid groups (broad SMARTS) is 1. The first-order chi connectivity index (χ1) is 11.1. The van der Waals surface area contributed by atoms with E-state index in [2.05, 4.69) is 0 Å². The lowest BCUT2D eigenvalue weighted by molar-refractivity contribution is -0.157. The molecule has 6 nitrogen and oxygen atoms in total. The van der Waals surface area contributed by atoms with Gasteiger partial charge in [-0.15, -0.1) is 0 Å². The molecule has 4 rings (SSSR count). The zero-order chi connectivity index (χ0) is 16.0. The molecule has 122 valence electrons. The van der Waals surface area contributed by atoms with Crippen molar-refractivity contribution in [1.82, 2.24) is 4.90 Å². The van der Waals surface area contributed by atoms with Crippen LogP contribution in [-0.2, 0) is 20.7 Å². The van der Waals surface area contributed by atoms with Crippen LogP contribution in [0, 0.1) is 11.3 Å². The zero-order valence-corrected chi connectivity index (χ0v) is 12.7. The summed E-state index contributed by atoms with van der Waals surface area (Å²) in [5.41, 5.74) is 0.165. The number of para-hydroxylation sites is 1. The third kappa shape index (κ3) is 2.20. The molecule has 0 aliphatic carbocycles. The van der Waals surface area contributed by atoms with E-state index in [9.17, 15) is 14.7 Å². The van der Waals surface area contributed by atoms with Crippen molar-refractivity contribution in [3.8, 4) is 5.75 Å². The van der Waals surface area contributed by atoms with Gasteiger partial charge in [0.1, 0.15) is 5.75 Å². The maximum absolute atomic E-state index is 12.8. The van der Waals surface area contributed by atoms with Gasteiger partial charge in [-0.05, 0) is 18.1 Å². The minimum absolute atomic E-state index is 0.115. The van der Waals surface area contributed by atoms with Crippen molar-refractivity contribution in [3.63, 3.8) is 0 Å². The first kappa shape index (κ1) is 14.5. The highest BCUT2D eigenvalue weighted by molar-refractivity contribution is 5.85. The summed E-state index contributed by atoms with van der Waals surface area (Å²) in [6.07, 6.45) is 0.467. The molecule has 0 spiro atoms. The second kappa shape index (κ2) is 5.23. The van der Waals surface area contributed by atoms with Gasteiger partial charge in [-0.2, -0.15) is 0 Å². The van der Waals surface area contributed by atoms with Gasteiger partial charge in [0.2, 0.25) is 0 Å². The van der Waals surface area contributed by atoms with Crippen molar-refractivity contribution in [2.45, 2.75) is 18.9 Å². The Morgan fingerprint density at radius 3 is 2.87 bits per heavy atom. The average molecular weight is 317 g/mol. The van der Waals surface area contributed by atoms with Gasteiger partial charge in [-0.3, -0.25) is 9.59 Å². The van der Waals surface area contributed by atoms with Gasteiger partial charge in [0.15, 0.2) is 6.10 Å². The molecule has 3 atom stereocenters. The first-order valence-electron chi connectivity index (χ1n) is 7.95. The van der Waals surface area contributed by atoms with Crippen LogP contribution in [0.5, 0.6) is 5.75 Å². The second-order valence-corrected chi connectivity index (χ2v) is 6.62. The molecule has 3 heterocycles. The van der Waals surface area contributed by atoms with Crippen LogP contribution in [0.4, 0.5) is 0 Å². The maximum Gasteiger partial charge on any atom is 0.311 e. The van der Waals surface area contributed by atoms with Gasteiger partial charge in [0.05, 0.1) is 12.0 Å². The summed E-state index contributed by atoms with van der Waals surface area (Å²) in [5.74, 6) is -0.326. The van der Waals surface area contributed by atoms with E-state index in [0.717, 1.165) is 11.3 Å². The minimum Gasteiger partial charge on any atom is -0.481 e. The number of amides is 1. The van der Waals surface area contributed by atoms with Crippen molar-refractivity contribution in [2.24, 2.45) is 11.3 Å². The van der Waals surface area contributed by atoms with Crippen molar-refractivity contribution >= 4 is 11.9 Å². The predicted molar refractivity (Wildman–Crippen MR) is 80.1 cm³/mol. The SMILES string of the molecule is O=C(C1Cc2ccccc2O1)N1C[C@H]2COCC[C@@]2(C(=O)O)C1. The summed E-state index contributed by atoms with van der Waals surface area (Å²) in [7, 11) is 0. The molecule has 1 aromatic carbocycles. The lowest BCUT2D eigenvalue weighted by atomic mass is 9.74. The summed E-state index contributed by atoms with van der Waals surface area (Å²) in [6, 6.07) is 7.63. The molecule has 0 radical (unpaired) electrons. The number of carbonyl (C=O) groups excluding carboxylic acids is 1. The number of carboxylic acids is 1. The molecule has 1 amide bonds. The number of hydrogen-bond acceptors (Lipinski definition) is 4. The molecule has 0 saturated carbocycles. The Morgan fingerprint density at radius 2 is 2.13 bits per heavy atom. The van der Waals surface area contributed by atoms with Gasteiger partial charge in [0.25, 0.3) is 5.91 Å². The van der Waals surface area contributed by atoms with Gasteiger partial charge in [-0.1, -0.05) is 18.2 Å². The number of likely N-dealkylation sites (tertiary alicyclic amines) is 1. The Kier molecular flexibility index (Phi) is 3.30. The lowest BCUT2D eigenvalue weighted by Gasteiger charge is -2.33. The molecule has 2 fully saturated rings. The quantitative estimate of drug-likeness (QED) is 0.878. The monoisotopic (exact) mass is 317 g/mol. The van der Waals surface area contributed by atoms with E-state index < -0.39 is 17.5 Å². The maximum atomic E-state index is 12.8. The van der Waals surface area contributed by atoms with Crippen LogP contribution < -0.4 is 4.74 Å². The second-order valence-electron chi connectivity index (χ2n) is 6.62. The molecule has 1 aromatic rings. The topological polar surface area (TPSA) is 76.1 Å². The van der Waals surface area contributed by atoms with Gasteiger partial charge < -0.3 is 19.5 Å². The van der Waals surface area contributed by atoms with Gasteiger partial charge in [0, 0.05) is 32.0 Å². The molecule has 3 aliphatic heterocycles. The van der Waals surface area contributed by atoms with Crippen LogP contribution in [0.3, 0.4) is 0 Å². The standard InChI is InChI=1S/C17H19NO5/c19-15(14-7-11-3-1-2-4-13(11)23-14)18-8-12-9-22-6-5-17(12,10-18)16(20)21/h1-4,12,14H,5-10H2,(H,20,21)/t12-,14?,17+/m0/s1. The van der Waals surface area contributed by atoms with Crippen LogP contribution in [0.15, 0.2) is 24.3 Å². The fraction of sp³-hybridized carbons (Fsp3) is 0.529. The Bertz CT molecular complexity index is 635. The fourth-order valence-corrected chi connectivity index (χ4v) is 3.99. The van der Waals surface area contributed by atoms with E-state index in [-0.39, 0.29) is 18.4 Å². The molecular formula is C17H19NO5. The van der Waals surface area contributed by atoms with Crippen molar-refractivity contribution in [3.05, 3.63) is 29.8 Å². The number of rotatable bonds is 2. The van der Waals surface area contributed by atoms with Crippen LogP contribution in [0.2, 0.25) is 0 Å². The minimum atomic E-state index is -0.862. The molecule has 0 aromatic heterocycles. The highest BCUT2D eigenvalue weighted by atomic mass is 16.5.